The lowest BCUT2D eigenvalue weighted by Gasteiger charge is -2.22. The lowest BCUT2D eigenvalue weighted by atomic mass is 10.0. The number of nitrogens with one attached hydrogen (secondary N) is 3. The Morgan fingerprint density at radius 3 is 2.33 bits per heavy atom. The molecule has 2 amide bonds. The van der Waals surface area contributed by atoms with Crippen LogP contribution in [0.1, 0.15) is 18.4 Å². The molecule has 0 saturated carbocycles. The van der Waals surface area contributed by atoms with Crippen LogP contribution in [-0.2, 0) is 25.6 Å². The Morgan fingerprint density at radius 2 is 1.70 bits per heavy atom. The number of rotatable bonds is 11. The van der Waals surface area contributed by atoms with Crippen molar-refractivity contribution in [3.8, 4) is 0 Å². The van der Waals surface area contributed by atoms with E-state index in [0.717, 1.165) is 10.9 Å². The maximum Gasteiger partial charge on any atom is 0.326 e. The molecule has 30 heavy (non-hydrogen) atoms. The molecule has 0 radical (unpaired) electrons. The summed E-state index contributed by atoms with van der Waals surface area (Å²) in [7, 11) is 0. The van der Waals surface area contributed by atoms with Gasteiger partial charge < -0.3 is 36.7 Å². The van der Waals surface area contributed by atoms with Gasteiger partial charge in [0.1, 0.15) is 18.1 Å². The number of nitrogens with two attached hydrogens (primary N) is 1. The van der Waals surface area contributed by atoms with Crippen LogP contribution in [0.3, 0.4) is 0 Å². The lowest BCUT2D eigenvalue weighted by Crippen LogP contribution is -2.55. The van der Waals surface area contributed by atoms with E-state index in [-0.39, 0.29) is 12.8 Å². The first-order chi connectivity index (χ1) is 14.2. The van der Waals surface area contributed by atoms with Crippen LogP contribution in [0.25, 0.3) is 10.9 Å². The average molecular weight is 420 g/mol. The highest BCUT2D eigenvalue weighted by Gasteiger charge is 2.29. The summed E-state index contributed by atoms with van der Waals surface area (Å²) in [6.07, 6.45) is 0.916. The van der Waals surface area contributed by atoms with Crippen molar-refractivity contribution >= 4 is 34.7 Å². The van der Waals surface area contributed by atoms with Crippen molar-refractivity contribution in [1.29, 1.82) is 0 Å². The zero-order chi connectivity index (χ0) is 22.3. The molecule has 0 bridgehead atoms. The van der Waals surface area contributed by atoms with E-state index in [1.165, 1.54) is 0 Å². The number of carboxylic acid groups (broad SMARTS) is 2. The Morgan fingerprint density at radius 1 is 1.03 bits per heavy atom. The van der Waals surface area contributed by atoms with Gasteiger partial charge in [-0.1, -0.05) is 18.2 Å². The smallest absolute Gasteiger partial charge is 0.326 e. The van der Waals surface area contributed by atoms with E-state index in [2.05, 4.69) is 15.6 Å². The normalized spacial score (nSPS) is 13.9. The Bertz CT molecular complexity index is 926. The number of carbonyl (C=O) groups is 4. The molecule has 2 aromatic rings. The van der Waals surface area contributed by atoms with Gasteiger partial charge in [-0.05, 0) is 18.1 Å². The number of hydrogen-bond acceptors (Lipinski definition) is 6. The predicted octanol–water partition coefficient (Wildman–Crippen LogP) is -1.05. The third-order valence-corrected chi connectivity index (χ3v) is 4.53. The number of aliphatic hydroxyl groups is 1. The van der Waals surface area contributed by atoms with Gasteiger partial charge in [0.15, 0.2) is 0 Å². The predicted molar refractivity (Wildman–Crippen MR) is 105 cm³/mol. The van der Waals surface area contributed by atoms with E-state index >= 15 is 0 Å². The number of benzene rings is 1. The molecule has 0 aliphatic carbocycles. The third kappa shape index (κ3) is 6.03. The monoisotopic (exact) mass is 420 g/mol. The topological polar surface area (TPSA) is 195 Å². The molecule has 2 rings (SSSR count). The molecule has 0 aliphatic rings. The molecule has 0 spiro atoms. The molecule has 8 N–H and O–H groups in total. The summed E-state index contributed by atoms with van der Waals surface area (Å²) in [5.74, 6) is -4.19. The lowest BCUT2D eigenvalue weighted by molar-refractivity contribution is -0.143. The molecule has 0 unspecified atom stereocenters. The highest BCUT2D eigenvalue weighted by Crippen LogP contribution is 2.19. The van der Waals surface area contributed by atoms with E-state index in [4.69, 9.17) is 15.9 Å². The summed E-state index contributed by atoms with van der Waals surface area (Å²) in [5, 5.41) is 32.6. The standard InChI is InChI=1S/C19H24N4O7/c20-12(9-24)17(27)23-15(7-10-8-21-13-4-2-1-3-11(10)13)18(28)22-14(19(29)30)5-6-16(25)26/h1-4,8,12,14-15,21,24H,5-7,9,20H2,(H,22,28)(H,23,27)(H,25,26)(H,29,30)/t12-,14-,15-/m0/s1. The average Bonchev–Trinajstić information content (AvgIpc) is 3.12. The largest absolute Gasteiger partial charge is 0.481 e. The van der Waals surface area contributed by atoms with Crippen LogP contribution in [0, 0.1) is 0 Å². The van der Waals surface area contributed by atoms with E-state index in [1.807, 2.05) is 18.2 Å². The summed E-state index contributed by atoms with van der Waals surface area (Å²) in [6, 6.07) is 3.40. The Balaban J connectivity index is 2.23. The fourth-order valence-electron chi connectivity index (χ4n) is 2.89. The van der Waals surface area contributed by atoms with Crippen LogP contribution in [0.5, 0.6) is 0 Å². The molecule has 1 aromatic heterocycles. The fourth-order valence-corrected chi connectivity index (χ4v) is 2.89. The summed E-state index contributed by atoms with van der Waals surface area (Å²) in [4.78, 5) is 50.1. The van der Waals surface area contributed by atoms with Crippen LogP contribution in [0.15, 0.2) is 30.5 Å². The summed E-state index contributed by atoms with van der Waals surface area (Å²) in [6.45, 7) is -0.635. The van der Waals surface area contributed by atoms with Crippen LogP contribution in [-0.4, -0.2) is 68.8 Å². The molecule has 3 atom stereocenters. The van der Waals surface area contributed by atoms with Crippen molar-refractivity contribution in [3.63, 3.8) is 0 Å². The van der Waals surface area contributed by atoms with Gasteiger partial charge in [0, 0.05) is 29.9 Å². The summed E-state index contributed by atoms with van der Waals surface area (Å²) >= 11 is 0. The van der Waals surface area contributed by atoms with E-state index in [1.54, 1.807) is 12.3 Å². The van der Waals surface area contributed by atoms with Crippen molar-refractivity contribution in [3.05, 3.63) is 36.0 Å². The van der Waals surface area contributed by atoms with Gasteiger partial charge in [-0.25, -0.2) is 4.79 Å². The van der Waals surface area contributed by atoms with Gasteiger partial charge in [-0.3, -0.25) is 14.4 Å². The summed E-state index contributed by atoms with van der Waals surface area (Å²) in [5.41, 5.74) is 7.01. The minimum absolute atomic E-state index is 0.0189. The second-order valence-electron chi connectivity index (χ2n) is 6.75. The number of aliphatic hydroxyl groups excluding tert-OH is 1. The molecule has 1 heterocycles. The minimum atomic E-state index is -1.44. The molecular formula is C19H24N4O7. The molecular weight excluding hydrogens is 396 g/mol. The van der Waals surface area contributed by atoms with Gasteiger partial charge in [0.05, 0.1) is 6.61 Å². The molecule has 0 fully saturated rings. The number of carboxylic acids is 2. The van der Waals surface area contributed by atoms with Gasteiger partial charge in [-0.15, -0.1) is 0 Å². The minimum Gasteiger partial charge on any atom is -0.481 e. The van der Waals surface area contributed by atoms with Crippen LogP contribution in [0.4, 0.5) is 0 Å². The van der Waals surface area contributed by atoms with Crippen molar-refractivity contribution in [2.75, 3.05) is 6.61 Å². The Kier molecular flexibility index (Phi) is 7.90. The number of carbonyl (C=O) groups excluding carboxylic acids is 2. The van der Waals surface area contributed by atoms with Crippen LogP contribution in [0.2, 0.25) is 0 Å². The Hall–Kier alpha value is -3.44. The highest BCUT2D eigenvalue weighted by atomic mass is 16.4. The first-order valence-corrected chi connectivity index (χ1v) is 9.19. The number of amides is 2. The van der Waals surface area contributed by atoms with Crippen molar-refractivity contribution in [2.45, 2.75) is 37.4 Å². The maximum atomic E-state index is 12.8. The zero-order valence-electron chi connectivity index (χ0n) is 16.0. The number of aromatic nitrogens is 1. The molecule has 1 aromatic carbocycles. The van der Waals surface area contributed by atoms with Gasteiger partial charge in [0.2, 0.25) is 11.8 Å². The SMILES string of the molecule is N[C@@H](CO)C(=O)N[C@@H](Cc1c[nH]c2ccccc12)C(=O)N[C@@H](CCC(=O)O)C(=O)O. The second-order valence-corrected chi connectivity index (χ2v) is 6.75. The maximum absolute atomic E-state index is 12.8. The quantitative estimate of drug-likeness (QED) is 0.239. The molecule has 162 valence electrons. The van der Waals surface area contributed by atoms with Gasteiger partial charge >= 0.3 is 11.9 Å². The van der Waals surface area contributed by atoms with Crippen molar-refractivity contribution in [2.24, 2.45) is 5.73 Å². The number of aliphatic carboxylic acids is 2. The van der Waals surface area contributed by atoms with Gasteiger partial charge in [0.25, 0.3) is 0 Å². The molecule has 0 aliphatic heterocycles. The highest BCUT2D eigenvalue weighted by molar-refractivity contribution is 5.93. The number of H-pyrrole nitrogens is 1. The summed E-state index contributed by atoms with van der Waals surface area (Å²) < 4.78 is 0. The van der Waals surface area contributed by atoms with Crippen molar-refractivity contribution < 1.29 is 34.5 Å². The zero-order valence-corrected chi connectivity index (χ0v) is 16.0. The second kappa shape index (κ2) is 10.4. The number of fused-ring (bicyclic) bond motifs is 1. The van der Waals surface area contributed by atoms with Crippen LogP contribution >= 0.6 is 0 Å². The van der Waals surface area contributed by atoms with Gasteiger partial charge in [-0.2, -0.15) is 0 Å². The van der Waals surface area contributed by atoms with Crippen molar-refractivity contribution in [1.82, 2.24) is 15.6 Å². The molecule has 11 nitrogen and oxygen atoms in total. The Labute approximate surface area is 171 Å². The fraction of sp³-hybridized carbons (Fsp3) is 0.368. The molecule has 0 saturated heterocycles. The molecule has 11 heteroatoms. The van der Waals surface area contributed by atoms with Crippen LogP contribution < -0.4 is 16.4 Å². The number of aromatic amines is 1. The first-order valence-electron chi connectivity index (χ1n) is 9.19. The number of para-hydroxylation sites is 1. The third-order valence-electron chi connectivity index (χ3n) is 4.53. The van der Waals surface area contributed by atoms with E-state index < -0.39 is 54.9 Å². The first kappa shape index (κ1) is 22.8. The number of hydrogen-bond donors (Lipinski definition) is 7. The van der Waals surface area contributed by atoms with E-state index in [9.17, 15) is 24.3 Å². The van der Waals surface area contributed by atoms with E-state index in [0.29, 0.717) is 5.56 Å².